The Hall–Kier alpha value is -0.800. The quantitative estimate of drug-likeness (QED) is 0.613. The van der Waals surface area contributed by atoms with Crippen LogP contribution in [0.1, 0.15) is 6.42 Å². The molecule has 0 saturated carbocycles. The van der Waals surface area contributed by atoms with Gasteiger partial charge in [-0.05, 0) is 6.42 Å². The van der Waals surface area contributed by atoms with Gasteiger partial charge in [-0.1, -0.05) is 3.89 Å². The molecule has 0 aliphatic carbocycles. The molecular formula is C9H15FN4O4S2. The topological polar surface area (TPSA) is 102 Å². The van der Waals surface area contributed by atoms with Gasteiger partial charge in [0, 0.05) is 39.3 Å². The van der Waals surface area contributed by atoms with Crippen LogP contribution >= 0.6 is 0 Å². The fraction of sp³-hybridized carbons (Fsp3) is 0.889. The maximum absolute atomic E-state index is 12.8. The molecule has 2 heterocycles. The van der Waals surface area contributed by atoms with E-state index >= 15 is 0 Å². The molecule has 20 heavy (non-hydrogen) atoms. The minimum Gasteiger partial charge on any atom is -0.198 e. The highest BCUT2D eigenvalue weighted by Gasteiger charge is 2.38. The third kappa shape index (κ3) is 3.09. The van der Waals surface area contributed by atoms with Gasteiger partial charge >= 0.3 is 10.4 Å². The van der Waals surface area contributed by atoms with Crippen LogP contribution in [-0.4, -0.2) is 69.0 Å². The lowest BCUT2D eigenvalue weighted by Gasteiger charge is -2.33. The zero-order valence-electron chi connectivity index (χ0n) is 10.6. The lowest BCUT2D eigenvalue weighted by atomic mass is 10.1. The molecule has 0 bridgehead atoms. The van der Waals surface area contributed by atoms with Crippen molar-refractivity contribution in [2.45, 2.75) is 6.42 Å². The highest BCUT2D eigenvalue weighted by Crippen LogP contribution is 2.22. The van der Waals surface area contributed by atoms with E-state index in [4.69, 9.17) is 5.26 Å². The third-order valence-corrected chi connectivity index (χ3v) is 6.48. The summed E-state index contributed by atoms with van der Waals surface area (Å²) in [6.45, 7) is -0.137. The maximum Gasteiger partial charge on any atom is 0.374 e. The molecule has 2 aliphatic heterocycles. The van der Waals surface area contributed by atoms with Gasteiger partial charge in [0.05, 0.1) is 12.0 Å². The van der Waals surface area contributed by atoms with Crippen molar-refractivity contribution < 1.29 is 20.7 Å². The minimum absolute atomic E-state index is 0.0841. The van der Waals surface area contributed by atoms with Crippen LogP contribution in [0.2, 0.25) is 0 Å². The first kappa shape index (κ1) is 15.6. The van der Waals surface area contributed by atoms with Gasteiger partial charge in [-0.15, -0.1) is 0 Å². The third-order valence-electron chi connectivity index (χ3n) is 3.49. The second kappa shape index (κ2) is 5.53. The molecule has 0 aromatic rings. The first-order valence-corrected chi connectivity index (χ1v) is 8.83. The van der Waals surface area contributed by atoms with Crippen LogP contribution in [-0.2, 0) is 20.6 Å². The SMILES string of the molecule is N#CC1CCN(S(=O)(=O)N2CCN(S(=O)(=O)F)CC2)C1. The molecule has 0 amide bonds. The lowest BCUT2D eigenvalue weighted by Crippen LogP contribution is -2.53. The van der Waals surface area contributed by atoms with Crippen molar-refractivity contribution in [2.75, 3.05) is 39.3 Å². The van der Waals surface area contributed by atoms with E-state index in [0.29, 0.717) is 10.7 Å². The van der Waals surface area contributed by atoms with Crippen molar-refractivity contribution in [2.24, 2.45) is 5.92 Å². The standard InChI is InChI=1S/C9H15FN4O4S2/c10-19(15,16)12-3-5-13(6-4-12)20(17,18)14-2-1-9(7-11)8-14/h9H,1-6,8H2. The van der Waals surface area contributed by atoms with Crippen molar-refractivity contribution >= 4 is 20.6 Å². The number of halogens is 1. The molecular weight excluding hydrogens is 311 g/mol. The summed E-state index contributed by atoms with van der Waals surface area (Å²) in [6.07, 6.45) is 0.495. The molecule has 1 atom stereocenters. The van der Waals surface area contributed by atoms with Gasteiger partial charge in [0.15, 0.2) is 0 Å². The number of rotatable bonds is 3. The van der Waals surface area contributed by atoms with E-state index in [1.165, 1.54) is 4.31 Å². The molecule has 2 rings (SSSR count). The van der Waals surface area contributed by atoms with Gasteiger partial charge in [0.2, 0.25) is 0 Å². The van der Waals surface area contributed by atoms with Gasteiger partial charge in [0.1, 0.15) is 0 Å². The Balaban J connectivity index is 2.01. The molecule has 1 unspecified atom stereocenters. The minimum atomic E-state index is -4.77. The van der Waals surface area contributed by atoms with E-state index in [9.17, 15) is 20.7 Å². The normalized spacial score (nSPS) is 27.5. The van der Waals surface area contributed by atoms with Crippen molar-refractivity contribution in [3.8, 4) is 6.07 Å². The summed E-state index contributed by atoms with van der Waals surface area (Å²) in [7, 11) is -8.47. The molecule has 8 nitrogen and oxygen atoms in total. The van der Waals surface area contributed by atoms with Crippen LogP contribution in [0.5, 0.6) is 0 Å². The smallest absolute Gasteiger partial charge is 0.198 e. The van der Waals surface area contributed by atoms with Crippen molar-refractivity contribution in [1.29, 1.82) is 5.26 Å². The van der Waals surface area contributed by atoms with Gasteiger partial charge in [-0.3, -0.25) is 0 Å². The van der Waals surface area contributed by atoms with Gasteiger partial charge in [-0.25, -0.2) is 0 Å². The highest BCUT2D eigenvalue weighted by atomic mass is 32.3. The zero-order valence-corrected chi connectivity index (χ0v) is 12.3. The molecule has 2 aliphatic rings. The molecule has 114 valence electrons. The Labute approximate surface area is 117 Å². The summed E-state index contributed by atoms with van der Waals surface area (Å²) in [5.74, 6) is -0.308. The first-order valence-electron chi connectivity index (χ1n) is 6.09. The van der Waals surface area contributed by atoms with Crippen molar-refractivity contribution in [3.05, 3.63) is 0 Å². The molecule has 0 N–H and O–H groups in total. The van der Waals surface area contributed by atoms with E-state index in [0.717, 1.165) is 4.31 Å². The Bertz CT molecular complexity index is 606. The van der Waals surface area contributed by atoms with Gasteiger partial charge in [-0.2, -0.15) is 35.0 Å². The Morgan fingerprint density at radius 1 is 0.950 bits per heavy atom. The van der Waals surface area contributed by atoms with Gasteiger partial charge < -0.3 is 0 Å². The average molecular weight is 326 g/mol. The van der Waals surface area contributed by atoms with Crippen LogP contribution in [0.3, 0.4) is 0 Å². The number of hydrogen-bond donors (Lipinski definition) is 0. The van der Waals surface area contributed by atoms with Crippen molar-refractivity contribution in [3.63, 3.8) is 0 Å². The summed E-state index contributed by atoms with van der Waals surface area (Å²) in [5, 5.41) is 8.78. The highest BCUT2D eigenvalue weighted by molar-refractivity contribution is 7.86. The van der Waals surface area contributed by atoms with E-state index in [-0.39, 0.29) is 45.2 Å². The predicted molar refractivity (Wildman–Crippen MR) is 67.4 cm³/mol. The van der Waals surface area contributed by atoms with Crippen LogP contribution in [0.25, 0.3) is 0 Å². The zero-order chi connectivity index (χ0) is 15.0. The molecule has 0 aromatic heterocycles. The largest absolute Gasteiger partial charge is 0.374 e. The van der Waals surface area contributed by atoms with E-state index < -0.39 is 20.6 Å². The fourth-order valence-electron chi connectivity index (χ4n) is 2.32. The lowest BCUT2D eigenvalue weighted by molar-refractivity contribution is 0.251. The summed E-state index contributed by atoms with van der Waals surface area (Å²) < 4.78 is 61.8. The monoisotopic (exact) mass is 326 g/mol. The first-order chi connectivity index (χ1) is 9.25. The number of nitrogens with zero attached hydrogens (tertiary/aromatic N) is 4. The number of nitriles is 1. The molecule has 11 heteroatoms. The Morgan fingerprint density at radius 3 is 1.95 bits per heavy atom. The number of hydrogen-bond acceptors (Lipinski definition) is 5. The van der Waals surface area contributed by atoms with E-state index in [1.54, 1.807) is 0 Å². The molecule has 0 spiro atoms. The van der Waals surface area contributed by atoms with Crippen LogP contribution in [0, 0.1) is 17.2 Å². The second-order valence-corrected chi connectivity index (χ2v) is 7.99. The maximum atomic E-state index is 12.8. The molecule has 2 fully saturated rings. The number of piperazine rings is 1. The van der Waals surface area contributed by atoms with E-state index in [1.807, 2.05) is 6.07 Å². The van der Waals surface area contributed by atoms with E-state index in [2.05, 4.69) is 0 Å². The van der Waals surface area contributed by atoms with Crippen LogP contribution in [0.4, 0.5) is 3.89 Å². The van der Waals surface area contributed by atoms with Crippen LogP contribution < -0.4 is 0 Å². The summed E-state index contributed by atoms with van der Waals surface area (Å²) >= 11 is 0. The Morgan fingerprint density at radius 2 is 1.50 bits per heavy atom. The predicted octanol–water partition coefficient (Wildman–Crippen LogP) is -1.09. The molecule has 0 radical (unpaired) electrons. The summed E-state index contributed by atoms with van der Waals surface area (Å²) in [5.41, 5.74) is 0. The molecule has 0 aromatic carbocycles. The summed E-state index contributed by atoms with van der Waals surface area (Å²) in [6, 6.07) is 2.03. The molecule has 2 saturated heterocycles. The average Bonchev–Trinajstić information content (AvgIpc) is 2.87. The summed E-state index contributed by atoms with van der Waals surface area (Å²) in [4.78, 5) is 0. The Kier molecular flexibility index (Phi) is 4.31. The second-order valence-electron chi connectivity index (χ2n) is 4.72. The van der Waals surface area contributed by atoms with Crippen molar-refractivity contribution in [1.82, 2.24) is 12.9 Å². The fourth-order valence-corrected chi connectivity index (χ4v) is 4.58. The van der Waals surface area contributed by atoms with Crippen LogP contribution in [0.15, 0.2) is 0 Å². The van der Waals surface area contributed by atoms with Gasteiger partial charge in [0.25, 0.3) is 10.2 Å².